The number of benzene rings is 6. The minimum absolute atomic E-state index is 0.0535. The third-order valence-electron chi connectivity index (χ3n) is 26.9. The molecular weight excluding hydrogens is 1670 g/mol. The van der Waals surface area contributed by atoms with Crippen LogP contribution in [0.1, 0.15) is 138 Å². The van der Waals surface area contributed by atoms with Gasteiger partial charge in [0.1, 0.15) is 91.4 Å². The van der Waals surface area contributed by atoms with Crippen LogP contribution in [-0.2, 0) is 14.9 Å². The Kier molecular flexibility index (Phi) is 22.4. The molecule has 0 unspecified atom stereocenters. The molecule has 4 saturated heterocycles. The number of likely N-dealkylation sites (tertiary alicyclic amines) is 4. The van der Waals surface area contributed by atoms with E-state index < -0.39 is 0 Å². The number of nitrogens with two attached hydrogens (primary N) is 4. The van der Waals surface area contributed by atoms with Crippen molar-refractivity contribution in [1.29, 1.82) is 0 Å². The summed E-state index contributed by atoms with van der Waals surface area (Å²) < 4.78 is 13.1. The molecular formula is C100H102ClN25O5. The van der Waals surface area contributed by atoms with Gasteiger partial charge < -0.3 is 72.1 Å². The van der Waals surface area contributed by atoms with Gasteiger partial charge in [-0.05, 0) is 156 Å². The van der Waals surface area contributed by atoms with Crippen molar-refractivity contribution in [3.8, 4) is 45.6 Å². The topological polar surface area (TPSA) is 382 Å². The minimum Gasteiger partial charge on any atom is -0.453 e. The van der Waals surface area contributed by atoms with E-state index in [0.717, 1.165) is 236 Å². The number of aromatic nitrogens is 16. The summed E-state index contributed by atoms with van der Waals surface area (Å²) in [6, 6.07) is 55.1. The van der Waals surface area contributed by atoms with E-state index in [9.17, 15) is 19.2 Å². The second kappa shape index (κ2) is 34.8. The Morgan fingerprint density at radius 2 is 0.733 bits per heavy atom. The minimum atomic E-state index is -0.316. The molecule has 18 aromatic rings. The highest BCUT2D eigenvalue weighted by atomic mass is 35.5. The SMILES string of the molecule is CN(C)C(=O)N1CCC(c2nc(-c3cc4ccccc4[nH]3)c3c(N)nccn23)CC1.COC(=O)N1CCC(c2nc(-c3cc4ccccc4[nH]3)c3c(N)nccn23)CC1.Cc1cc(Cl)ccc1C(=O)N1CCC(c2nc(-c3cc4ccccc4[nH]3)c3c(N)nccn23)CC1.Cc1ccc(C2(C(=O)N3CCC(c4nc(-c5cc6ccccc6[nH]5)c5c(N)nccn45)CC3)CC2)cc1. The first-order valence-electron chi connectivity index (χ1n) is 44.7. The molecule has 12 N–H and O–H groups in total. The van der Waals surface area contributed by atoms with Crippen molar-refractivity contribution in [2.45, 2.75) is 107 Å². The predicted molar refractivity (Wildman–Crippen MR) is 512 cm³/mol. The van der Waals surface area contributed by atoms with Gasteiger partial charge in [0.25, 0.3) is 5.91 Å². The second-order valence-electron chi connectivity index (χ2n) is 35.2. The number of anilines is 4. The number of para-hydroxylation sites is 4. The van der Waals surface area contributed by atoms with Crippen LogP contribution >= 0.6 is 11.6 Å². The Bertz CT molecular complexity index is 7250. The van der Waals surface area contributed by atoms with E-state index >= 15 is 0 Å². The number of hydrogen-bond acceptors (Lipinski definition) is 17. The van der Waals surface area contributed by atoms with Crippen LogP contribution in [0.3, 0.4) is 0 Å². The number of H-pyrrole nitrogens is 4. The van der Waals surface area contributed by atoms with Gasteiger partial charge in [0.05, 0.1) is 35.3 Å². The molecule has 131 heavy (non-hydrogen) atoms. The molecule has 16 heterocycles. The van der Waals surface area contributed by atoms with Crippen molar-refractivity contribution in [1.82, 2.24) is 102 Å². The molecule has 0 radical (unpaired) electrons. The normalized spacial score (nSPS) is 15.7. The number of carbonyl (C=O) groups is 4. The summed E-state index contributed by atoms with van der Waals surface area (Å²) in [6.07, 6.45) is 23.0. The van der Waals surface area contributed by atoms with E-state index in [0.29, 0.717) is 60.0 Å². The van der Waals surface area contributed by atoms with Crippen LogP contribution in [0, 0.1) is 13.8 Å². The van der Waals surface area contributed by atoms with Crippen LogP contribution in [0.25, 0.3) is 111 Å². The number of fused-ring (bicyclic) bond motifs is 8. The number of amides is 5. The molecule has 4 aliphatic heterocycles. The summed E-state index contributed by atoms with van der Waals surface area (Å²) in [5.41, 5.74) is 43.4. The van der Waals surface area contributed by atoms with Gasteiger partial charge in [0.2, 0.25) is 5.91 Å². The molecule has 1 saturated carbocycles. The molecule has 1 aliphatic carbocycles. The smallest absolute Gasteiger partial charge is 0.409 e. The van der Waals surface area contributed by atoms with Gasteiger partial charge in [0, 0.05) is 194 Å². The largest absolute Gasteiger partial charge is 0.453 e. The van der Waals surface area contributed by atoms with Crippen molar-refractivity contribution >= 4 is 124 Å². The maximum Gasteiger partial charge on any atom is 0.409 e. The van der Waals surface area contributed by atoms with E-state index in [-0.39, 0.29) is 53.0 Å². The van der Waals surface area contributed by atoms with Crippen LogP contribution in [0.4, 0.5) is 32.9 Å². The van der Waals surface area contributed by atoms with Crippen molar-refractivity contribution < 1.29 is 23.9 Å². The van der Waals surface area contributed by atoms with Gasteiger partial charge in [-0.3, -0.25) is 27.2 Å². The van der Waals surface area contributed by atoms with Crippen LogP contribution in [0.2, 0.25) is 5.02 Å². The Morgan fingerprint density at radius 1 is 0.412 bits per heavy atom. The number of nitrogens with zero attached hydrogens (tertiary/aromatic N) is 17. The zero-order chi connectivity index (χ0) is 90.0. The Morgan fingerprint density at radius 3 is 1.05 bits per heavy atom. The van der Waals surface area contributed by atoms with Crippen molar-refractivity contribution in [2.75, 3.05) is 96.5 Å². The lowest BCUT2D eigenvalue weighted by Crippen LogP contribution is -2.43. The molecule has 0 bridgehead atoms. The molecule has 664 valence electrons. The van der Waals surface area contributed by atoms with Crippen molar-refractivity contribution in [2.24, 2.45) is 0 Å². The molecule has 31 heteroatoms. The number of piperidine rings is 4. The fraction of sp³-hybridized carbons (Fsp3) is 0.280. The molecule has 12 aromatic heterocycles. The molecule has 30 nitrogen and oxygen atoms in total. The number of rotatable bonds is 11. The first kappa shape index (κ1) is 84.1. The highest BCUT2D eigenvalue weighted by Crippen LogP contribution is 2.51. The summed E-state index contributed by atoms with van der Waals surface area (Å²) in [5, 5.41) is 5.16. The molecule has 5 aliphatic rings. The number of nitrogens with one attached hydrogen (secondary N) is 4. The van der Waals surface area contributed by atoms with Gasteiger partial charge >= 0.3 is 12.1 Å². The van der Waals surface area contributed by atoms with Gasteiger partial charge in [-0.1, -0.05) is 114 Å². The molecule has 0 atom stereocenters. The third-order valence-corrected chi connectivity index (χ3v) is 27.1. The molecule has 23 rings (SSSR count). The van der Waals surface area contributed by atoms with Gasteiger partial charge in [0.15, 0.2) is 0 Å². The Balaban J connectivity index is 0.000000110. The monoisotopic (exact) mass is 1770 g/mol. The van der Waals surface area contributed by atoms with E-state index in [4.69, 9.17) is 59.2 Å². The van der Waals surface area contributed by atoms with Gasteiger partial charge in [-0.25, -0.2) is 49.5 Å². The lowest BCUT2D eigenvalue weighted by atomic mass is 9.90. The van der Waals surface area contributed by atoms with Crippen LogP contribution < -0.4 is 22.9 Å². The maximum atomic E-state index is 13.6. The highest BCUT2D eigenvalue weighted by Gasteiger charge is 2.53. The summed E-state index contributed by atoms with van der Waals surface area (Å²) >= 11 is 6.07. The maximum absolute atomic E-state index is 13.6. The van der Waals surface area contributed by atoms with Crippen LogP contribution in [0.5, 0.6) is 0 Å². The Labute approximate surface area is 759 Å². The van der Waals surface area contributed by atoms with Gasteiger partial charge in [-0.15, -0.1) is 0 Å². The number of aryl methyl sites for hydroxylation is 2. The number of halogens is 1. The third kappa shape index (κ3) is 16.0. The fourth-order valence-electron chi connectivity index (χ4n) is 19.8. The van der Waals surface area contributed by atoms with Crippen LogP contribution in [-0.4, -0.2) is 199 Å². The molecule has 6 aromatic carbocycles. The van der Waals surface area contributed by atoms with E-state index in [1.54, 1.807) is 54.7 Å². The summed E-state index contributed by atoms with van der Waals surface area (Å²) in [4.78, 5) is 112. The molecule has 5 amide bonds. The van der Waals surface area contributed by atoms with Crippen molar-refractivity contribution in [3.05, 3.63) is 264 Å². The average molecular weight is 1770 g/mol. The number of imidazole rings is 4. The number of methoxy groups -OCH3 is 1. The fourth-order valence-corrected chi connectivity index (χ4v) is 20.0. The number of carbonyl (C=O) groups excluding carboxylic acids is 4. The lowest BCUT2D eigenvalue weighted by Gasteiger charge is -2.34. The highest BCUT2D eigenvalue weighted by molar-refractivity contribution is 6.30. The van der Waals surface area contributed by atoms with E-state index in [2.05, 4.69) is 156 Å². The Hall–Kier alpha value is -15.1. The quantitative estimate of drug-likeness (QED) is 0.0596. The summed E-state index contributed by atoms with van der Waals surface area (Å²) in [7, 11) is 5.00. The van der Waals surface area contributed by atoms with E-state index in [1.165, 1.54) is 12.7 Å². The summed E-state index contributed by atoms with van der Waals surface area (Å²) in [5.74, 6) is 6.97. The molecule has 5 fully saturated rings. The van der Waals surface area contributed by atoms with E-state index in [1.807, 2.05) is 113 Å². The average Bonchev–Trinajstić information content (AvgIpc) is 1.54. The first-order chi connectivity index (χ1) is 63.7. The number of aromatic amines is 4. The first-order valence-corrected chi connectivity index (χ1v) is 45.1. The van der Waals surface area contributed by atoms with Crippen LogP contribution in [0.15, 0.2) is 213 Å². The predicted octanol–water partition coefficient (Wildman–Crippen LogP) is 17.4. The number of nitrogen functional groups attached to an aromatic ring is 4. The lowest BCUT2D eigenvalue weighted by molar-refractivity contribution is -0.135. The zero-order valence-corrected chi connectivity index (χ0v) is 74.3. The second-order valence-corrected chi connectivity index (χ2v) is 35.6. The number of hydrogen-bond donors (Lipinski definition) is 8. The summed E-state index contributed by atoms with van der Waals surface area (Å²) in [6.45, 7) is 9.57. The number of ether oxygens (including phenoxy) is 1. The van der Waals surface area contributed by atoms with Crippen molar-refractivity contribution in [3.63, 3.8) is 0 Å². The van der Waals surface area contributed by atoms with Gasteiger partial charge in [-0.2, -0.15) is 0 Å². The number of urea groups is 1. The standard InChI is InChI=1S/C30H30N6O.C27H25ClN6O.C22H25N7O.C21H22N6O2/c1-19-6-8-22(9-7-19)30(12-13-30)29(37)35-15-10-20(11-16-35)28-34-25(26-27(31)32-14-17-36(26)28)24-18-21-4-2-3-5-23(21)33-24;1-16-14-19(28)6-7-20(16)27(35)33-11-8-17(9-12-33)26-32-23(24-25(29)30-10-13-34(24)26)22-15-18-4-2-3-5-21(18)31-22;1-27(2)22(30)28-10-7-14(8-11-28)21-26-18(19-20(23)24-9-12-29(19)21)17-13-15-5-3-4-6-16(15)25-17;1-29-21(28)26-9-6-13(7-10-26)20-25-17(18-19(22)23-8-11-27(18)20)16-12-14-4-2-3-5-15(14)24-16/h2-9,14,17-18,20,33H,10-13,15-16H2,1H3,(H2,31,32);2-7,10,13-15,17,31H,8-9,11-12H2,1H3,(H2,29,30);3-6,9,12-14,25H,7-8,10-11H2,1-2H3,(H2,23,24);2-5,8,11-13,24H,6-7,9-10H2,1H3,(H2,22,23). The zero-order valence-electron chi connectivity index (χ0n) is 73.6. The molecule has 0 spiro atoms.